The predicted octanol–water partition coefficient (Wildman–Crippen LogP) is -0.225. The van der Waals surface area contributed by atoms with Gasteiger partial charge in [-0.2, -0.15) is 11.8 Å². The van der Waals surface area contributed by atoms with Crippen LogP contribution in [0.5, 0.6) is 0 Å². The van der Waals surface area contributed by atoms with Crippen LogP contribution >= 0.6 is 11.8 Å². The van der Waals surface area contributed by atoms with Crippen molar-refractivity contribution in [2.24, 2.45) is 0 Å². The van der Waals surface area contributed by atoms with Crippen molar-refractivity contribution in [1.29, 1.82) is 0 Å². The van der Waals surface area contributed by atoms with Gasteiger partial charge in [-0.15, -0.1) is 0 Å². The lowest BCUT2D eigenvalue weighted by Crippen LogP contribution is -2.58. The lowest BCUT2D eigenvalue weighted by atomic mass is 10.0. The van der Waals surface area contributed by atoms with E-state index in [9.17, 15) is 18.0 Å². The van der Waals surface area contributed by atoms with E-state index in [1.165, 1.54) is 16.7 Å². The van der Waals surface area contributed by atoms with Gasteiger partial charge < -0.3 is 15.3 Å². The molecule has 0 saturated carbocycles. The van der Waals surface area contributed by atoms with Crippen LogP contribution < -0.4 is 5.32 Å². The van der Waals surface area contributed by atoms with Crippen molar-refractivity contribution in [3.63, 3.8) is 0 Å². The number of nitrogens with zero attached hydrogens (tertiary/aromatic N) is 1. The number of carboxylic acids is 1. The molecule has 9 heteroatoms. The third kappa shape index (κ3) is 3.38. The molecule has 2 aliphatic heterocycles. The Morgan fingerprint density at radius 3 is 2.70 bits per heavy atom. The van der Waals surface area contributed by atoms with Crippen LogP contribution in [-0.4, -0.2) is 71.6 Å². The molecule has 2 aliphatic rings. The number of hydrogen-bond donors (Lipinski definition) is 2. The van der Waals surface area contributed by atoms with E-state index in [-0.39, 0.29) is 11.5 Å². The highest BCUT2D eigenvalue weighted by atomic mass is 32.2. The molecule has 7 nitrogen and oxygen atoms in total. The molecule has 20 heavy (non-hydrogen) atoms. The Morgan fingerprint density at radius 2 is 2.15 bits per heavy atom. The van der Waals surface area contributed by atoms with Crippen LogP contribution in [0, 0.1) is 0 Å². The number of carboxylic acid groups (broad SMARTS) is 1. The van der Waals surface area contributed by atoms with Gasteiger partial charge in [-0.25, -0.2) is 18.0 Å². The molecule has 0 aromatic heterocycles. The van der Waals surface area contributed by atoms with Crippen molar-refractivity contribution in [1.82, 2.24) is 10.2 Å². The van der Waals surface area contributed by atoms with E-state index in [1.807, 2.05) is 0 Å². The van der Waals surface area contributed by atoms with Gasteiger partial charge in [0.1, 0.15) is 6.04 Å². The highest BCUT2D eigenvalue weighted by Crippen LogP contribution is 2.24. The smallest absolute Gasteiger partial charge is 0.327 e. The van der Waals surface area contributed by atoms with E-state index in [0.29, 0.717) is 24.5 Å². The zero-order chi connectivity index (χ0) is 15.0. The highest BCUT2D eigenvalue weighted by Gasteiger charge is 2.42. The number of carbonyl (C=O) groups is 2. The Kier molecular flexibility index (Phi) is 4.19. The SMILES string of the molecule is CC1(NC(=O)N2CCSCC2C(=O)O)CCS(=O)(=O)C1. The number of aliphatic carboxylic acids is 1. The van der Waals surface area contributed by atoms with E-state index < -0.39 is 33.4 Å². The summed E-state index contributed by atoms with van der Waals surface area (Å²) in [6.07, 6.45) is 0.363. The van der Waals surface area contributed by atoms with Crippen LogP contribution in [-0.2, 0) is 14.6 Å². The standard InChI is InChI=1S/C11H18N2O5S2/c1-11(2-5-20(17,18)7-11)12-10(16)13-3-4-19-6-8(13)9(14)15/h8H,2-7H2,1H3,(H,12,16)(H,14,15). The first-order valence-corrected chi connectivity index (χ1v) is 9.30. The summed E-state index contributed by atoms with van der Waals surface area (Å²) in [6.45, 7) is 2.04. The molecule has 2 rings (SSSR count). The molecule has 2 N–H and O–H groups in total. The molecule has 2 amide bonds. The monoisotopic (exact) mass is 322 g/mol. The van der Waals surface area contributed by atoms with Crippen molar-refractivity contribution >= 4 is 33.6 Å². The molecule has 0 bridgehead atoms. The van der Waals surface area contributed by atoms with E-state index in [0.717, 1.165) is 0 Å². The Labute approximate surface area is 122 Å². The maximum Gasteiger partial charge on any atom is 0.327 e. The van der Waals surface area contributed by atoms with Crippen LogP contribution in [0.1, 0.15) is 13.3 Å². The number of carbonyl (C=O) groups excluding carboxylic acids is 1. The summed E-state index contributed by atoms with van der Waals surface area (Å²) in [6, 6.07) is -1.34. The van der Waals surface area contributed by atoms with Gasteiger partial charge in [-0.05, 0) is 13.3 Å². The first kappa shape index (κ1) is 15.4. The molecule has 114 valence electrons. The summed E-state index contributed by atoms with van der Waals surface area (Å²) in [4.78, 5) is 24.7. The molecule has 2 atom stereocenters. The summed E-state index contributed by atoms with van der Waals surface area (Å²) in [7, 11) is -3.11. The fourth-order valence-electron chi connectivity index (χ4n) is 2.49. The summed E-state index contributed by atoms with van der Waals surface area (Å²) in [5.74, 6) is -0.0190. The third-order valence-corrected chi connectivity index (χ3v) is 6.51. The van der Waals surface area contributed by atoms with Crippen LogP contribution in [0.25, 0.3) is 0 Å². The molecular formula is C11H18N2O5S2. The lowest BCUT2D eigenvalue weighted by molar-refractivity contribution is -0.141. The van der Waals surface area contributed by atoms with Gasteiger partial charge in [0.05, 0.1) is 17.0 Å². The largest absolute Gasteiger partial charge is 0.480 e. The number of sulfone groups is 1. The van der Waals surface area contributed by atoms with E-state index >= 15 is 0 Å². The Bertz CT molecular complexity index is 521. The first-order valence-electron chi connectivity index (χ1n) is 6.32. The zero-order valence-electron chi connectivity index (χ0n) is 11.2. The van der Waals surface area contributed by atoms with E-state index in [4.69, 9.17) is 5.11 Å². The summed E-state index contributed by atoms with van der Waals surface area (Å²) in [5.41, 5.74) is -0.802. The molecule has 2 fully saturated rings. The number of amides is 2. The lowest BCUT2D eigenvalue weighted by Gasteiger charge is -2.35. The van der Waals surface area contributed by atoms with Crippen molar-refractivity contribution < 1.29 is 23.1 Å². The molecule has 2 unspecified atom stereocenters. The van der Waals surface area contributed by atoms with E-state index in [2.05, 4.69) is 5.32 Å². The minimum Gasteiger partial charge on any atom is -0.480 e. The number of thioether (sulfide) groups is 1. The Morgan fingerprint density at radius 1 is 1.45 bits per heavy atom. The quantitative estimate of drug-likeness (QED) is 0.728. The molecule has 2 saturated heterocycles. The second-order valence-electron chi connectivity index (χ2n) is 5.46. The molecule has 2 heterocycles. The predicted molar refractivity (Wildman–Crippen MR) is 75.7 cm³/mol. The van der Waals surface area contributed by atoms with Gasteiger partial charge in [-0.3, -0.25) is 0 Å². The molecule has 0 aromatic rings. The van der Waals surface area contributed by atoms with Gasteiger partial charge in [0.2, 0.25) is 0 Å². The van der Waals surface area contributed by atoms with Crippen LogP contribution in [0.15, 0.2) is 0 Å². The van der Waals surface area contributed by atoms with Crippen molar-refractivity contribution in [3.8, 4) is 0 Å². The molecular weight excluding hydrogens is 304 g/mol. The molecule has 0 spiro atoms. The number of rotatable bonds is 2. The minimum atomic E-state index is -3.11. The van der Waals surface area contributed by atoms with Gasteiger partial charge in [0.25, 0.3) is 0 Å². The van der Waals surface area contributed by atoms with E-state index in [1.54, 1.807) is 6.92 Å². The average molecular weight is 322 g/mol. The second kappa shape index (κ2) is 5.44. The van der Waals surface area contributed by atoms with Crippen LogP contribution in [0.4, 0.5) is 4.79 Å². The van der Waals surface area contributed by atoms with Crippen molar-refractivity contribution in [2.75, 3.05) is 29.6 Å². The second-order valence-corrected chi connectivity index (χ2v) is 8.79. The number of hydrogen-bond acceptors (Lipinski definition) is 5. The fourth-order valence-corrected chi connectivity index (χ4v) is 5.62. The topological polar surface area (TPSA) is 104 Å². The Hall–Kier alpha value is -0.960. The normalized spacial score (nSPS) is 32.9. The highest BCUT2D eigenvalue weighted by molar-refractivity contribution is 7.99. The van der Waals surface area contributed by atoms with Gasteiger partial charge in [-0.1, -0.05) is 0 Å². The minimum absolute atomic E-state index is 0.0575. The maximum absolute atomic E-state index is 12.2. The average Bonchev–Trinajstić information content (AvgIpc) is 2.63. The fraction of sp³-hybridized carbons (Fsp3) is 0.818. The van der Waals surface area contributed by atoms with Crippen molar-refractivity contribution in [2.45, 2.75) is 24.9 Å². The molecule has 0 aliphatic carbocycles. The number of nitrogens with one attached hydrogen (secondary N) is 1. The zero-order valence-corrected chi connectivity index (χ0v) is 12.8. The van der Waals surface area contributed by atoms with Crippen LogP contribution in [0.3, 0.4) is 0 Å². The molecule has 0 radical (unpaired) electrons. The van der Waals surface area contributed by atoms with Gasteiger partial charge in [0, 0.05) is 18.1 Å². The van der Waals surface area contributed by atoms with Gasteiger partial charge >= 0.3 is 12.0 Å². The Balaban J connectivity index is 2.05. The maximum atomic E-state index is 12.2. The summed E-state index contributed by atoms with van der Waals surface area (Å²) < 4.78 is 23.0. The van der Waals surface area contributed by atoms with Crippen LogP contribution in [0.2, 0.25) is 0 Å². The summed E-state index contributed by atoms with van der Waals surface area (Å²) >= 11 is 1.50. The number of urea groups is 1. The third-order valence-electron chi connectivity index (χ3n) is 3.59. The molecule has 0 aromatic carbocycles. The summed E-state index contributed by atoms with van der Waals surface area (Å²) in [5, 5.41) is 11.8. The first-order chi connectivity index (χ1) is 9.22. The van der Waals surface area contributed by atoms with Crippen molar-refractivity contribution in [3.05, 3.63) is 0 Å². The van der Waals surface area contributed by atoms with Gasteiger partial charge in [0.15, 0.2) is 9.84 Å².